The number of aliphatic carboxylic acids is 1. The fourth-order valence-electron chi connectivity index (χ4n) is 3.18. The Kier molecular flexibility index (Phi) is 5.80. The van der Waals surface area contributed by atoms with E-state index in [1.165, 1.54) is 19.3 Å². The molecule has 1 aromatic carbocycles. The lowest BCUT2D eigenvalue weighted by atomic mass is 9.79. The number of hydrogen-bond acceptors (Lipinski definition) is 2. The summed E-state index contributed by atoms with van der Waals surface area (Å²) in [5, 5.41) is 12.1. The molecule has 4 heteroatoms. The van der Waals surface area contributed by atoms with Gasteiger partial charge < -0.3 is 10.4 Å². The molecule has 1 saturated carbocycles. The van der Waals surface area contributed by atoms with Gasteiger partial charge in [-0.2, -0.15) is 0 Å². The lowest BCUT2D eigenvalue weighted by Gasteiger charge is -2.31. The predicted molar refractivity (Wildman–Crippen MR) is 89.9 cm³/mol. The van der Waals surface area contributed by atoms with Crippen LogP contribution in [0.25, 0.3) is 0 Å². The molecule has 2 N–H and O–H groups in total. The molecule has 0 spiro atoms. The molecular formula is C19H27NO3. The Labute approximate surface area is 138 Å². The molecule has 0 aromatic heterocycles. The van der Waals surface area contributed by atoms with Gasteiger partial charge in [0.25, 0.3) is 0 Å². The van der Waals surface area contributed by atoms with Crippen LogP contribution >= 0.6 is 0 Å². The highest BCUT2D eigenvalue weighted by molar-refractivity contribution is 5.78. The maximum atomic E-state index is 12.4. The van der Waals surface area contributed by atoms with Crippen LogP contribution in [0.3, 0.4) is 0 Å². The number of carbonyl (C=O) groups excluding carboxylic acids is 1. The summed E-state index contributed by atoms with van der Waals surface area (Å²) < 4.78 is 0. The van der Waals surface area contributed by atoms with Crippen molar-refractivity contribution in [2.75, 3.05) is 0 Å². The third-order valence-electron chi connectivity index (χ3n) is 4.60. The van der Waals surface area contributed by atoms with E-state index in [-0.39, 0.29) is 24.8 Å². The van der Waals surface area contributed by atoms with Gasteiger partial charge in [-0.1, -0.05) is 63.4 Å². The van der Waals surface area contributed by atoms with Crippen molar-refractivity contribution in [3.8, 4) is 0 Å². The first-order valence-electron chi connectivity index (χ1n) is 8.42. The summed E-state index contributed by atoms with van der Waals surface area (Å²) in [7, 11) is 0. The van der Waals surface area contributed by atoms with Crippen LogP contribution in [0.5, 0.6) is 0 Å². The molecule has 4 nitrogen and oxygen atoms in total. The van der Waals surface area contributed by atoms with Crippen LogP contribution in [0, 0.1) is 11.3 Å². The largest absolute Gasteiger partial charge is 0.481 e. The zero-order chi connectivity index (χ0) is 16.9. The fraction of sp³-hybridized carbons (Fsp3) is 0.579. The van der Waals surface area contributed by atoms with Crippen molar-refractivity contribution in [2.24, 2.45) is 11.3 Å². The van der Waals surface area contributed by atoms with E-state index in [0.29, 0.717) is 5.92 Å². The van der Waals surface area contributed by atoms with Gasteiger partial charge in [0.2, 0.25) is 5.91 Å². The molecule has 0 aliphatic heterocycles. The van der Waals surface area contributed by atoms with Gasteiger partial charge in [0.05, 0.1) is 12.5 Å². The van der Waals surface area contributed by atoms with Crippen molar-refractivity contribution in [2.45, 2.75) is 58.4 Å². The second-order valence-corrected chi connectivity index (χ2v) is 7.47. The molecule has 126 valence electrons. The maximum Gasteiger partial charge on any atom is 0.303 e. The lowest BCUT2D eigenvalue weighted by molar-refractivity contribution is -0.139. The van der Waals surface area contributed by atoms with Crippen LogP contribution in [0.1, 0.15) is 64.0 Å². The number of benzene rings is 1. The van der Waals surface area contributed by atoms with Crippen LogP contribution in [0.2, 0.25) is 0 Å². The number of rotatable bonds is 8. The van der Waals surface area contributed by atoms with E-state index in [2.05, 4.69) is 5.32 Å². The number of carboxylic acid groups (broad SMARTS) is 1. The van der Waals surface area contributed by atoms with Gasteiger partial charge in [0, 0.05) is 6.42 Å². The second-order valence-electron chi connectivity index (χ2n) is 7.47. The van der Waals surface area contributed by atoms with Gasteiger partial charge in [-0.15, -0.1) is 0 Å². The summed E-state index contributed by atoms with van der Waals surface area (Å²) in [6.45, 7) is 3.65. The van der Waals surface area contributed by atoms with Gasteiger partial charge in [-0.25, -0.2) is 0 Å². The van der Waals surface area contributed by atoms with E-state index in [9.17, 15) is 9.59 Å². The molecule has 1 amide bonds. The van der Waals surface area contributed by atoms with E-state index in [0.717, 1.165) is 12.0 Å². The van der Waals surface area contributed by atoms with Crippen molar-refractivity contribution in [3.05, 3.63) is 35.9 Å². The van der Waals surface area contributed by atoms with E-state index < -0.39 is 11.4 Å². The molecule has 0 saturated heterocycles. The maximum absolute atomic E-state index is 12.4. The Balaban J connectivity index is 1.99. The molecule has 0 bridgehead atoms. The van der Waals surface area contributed by atoms with Crippen LogP contribution in [-0.2, 0) is 9.59 Å². The molecule has 0 heterocycles. The molecule has 2 rings (SSSR count). The van der Waals surface area contributed by atoms with Gasteiger partial charge in [-0.3, -0.25) is 9.59 Å². The SMILES string of the molecule is CC(C)(CC(=O)O)CC(=O)NC(CC1CCC1)c1ccccc1. The van der Waals surface area contributed by atoms with E-state index in [1.54, 1.807) is 0 Å². The molecule has 1 unspecified atom stereocenters. The highest BCUT2D eigenvalue weighted by Crippen LogP contribution is 2.35. The number of carbonyl (C=O) groups is 2. The predicted octanol–water partition coefficient (Wildman–Crippen LogP) is 3.93. The van der Waals surface area contributed by atoms with Crippen LogP contribution in [-0.4, -0.2) is 17.0 Å². The lowest BCUT2D eigenvalue weighted by Crippen LogP contribution is -2.34. The second kappa shape index (κ2) is 7.62. The highest BCUT2D eigenvalue weighted by atomic mass is 16.4. The third-order valence-corrected chi connectivity index (χ3v) is 4.60. The summed E-state index contributed by atoms with van der Waals surface area (Å²) in [6.07, 6.45) is 4.96. The molecule has 1 atom stereocenters. The minimum absolute atomic E-state index is 0.000944. The molecule has 0 radical (unpaired) electrons. The summed E-state index contributed by atoms with van der Waals surface area (Å²) in [6, 6.07) is 10.1. The first-order chi connectivity index (χ1) is 10.9. The van der Waals surface area contributed by atoms with Gasteiger partial charge in [-0.05, 0) is 23.3 Å². The Morgan fingerprint density at radius 1 is 1.22 bits per heavy atom. The van der Waals surface area contributed by atoms with Gasteiger partial charge in [0.15, 0.2) is 0 Å². The molecule has 1 aliphatic carbocycles. The summed E-state index contributed by atoms with van der Waals surface area (Å²) in [5.41, 5.74) is 0.594. The van der Waals surface area contributed by atoms with Gasteiger partial charge in [0.1, 0.15) is 0 Å². The summed E-state index contributed by atoms with van der Waals surface area (Å²) in [5.74, 6) is -0.242. The number of carboxylic acids is 1. The van der Waals surface area contributed by atoms with E-state index in [1.807, 2.05) is 44.2 Å². The number of amides is 1. The Morgan fingerprint density at radius 2 is 1.87 bits per heavy atom. The Hall–Kier alpha value is -1.84. The molecular weight excluding hydrogens is 290 g/mol. The van der Waals surface area contributed by atoms with Crippen molar-refractivity contribution in [1.29, 1.82) is 0 Å². The third kappa shape index (κ3) is 5.70. The van der Waals surface area contributed by atoms with E-state index >= 15 is 0 Å². The zero-order valence-electron chi connectivity index (χ0n) is 14.0. The first-order valence-corrected chi connectivity index (χ1v) is 8.42. The highest BCUT2D eigenvalue weighted by Gasteiger charge is 2.28. The van der Waals surface area contributed by atoms with Crippen LogP contribution in [0.15, 0.2) is 30.3 Å². The minimum atomic E-state index is -0.864. The van der Waals surface area contributed by atoms with Crippen molar-refractivity contribution >= 4 is 11.9 Å². The van der Waals surface area contributed by atoms with Gasteiger partial charge >= 0.3 is 5.97 Å². The number of hydrogen-bond donors (Lipinski definition) is 2. The summed E-state index contributed by atoms with van der Waals surface area (Å²) >= 11 is 0. The molecule has 23 heavy (non-hydrogen) atoms. The molecule has 1 aliphatic rings. The normalized spacial score (nSPS) is 16.4. The Bertz CT molecular complexity index is 535. The molecule has 1 fully saturated rings. The van der Waals surface area contributed by atoms with E-state index in [4.69, 9.17) is 5.11 Å². The fourth-order valence-corrected chi connectivity index (χ4v) is 3.18. The first kappa shape index (κ1) is 17.5. The topological polar surface area (TPSA) is 66.4 Å². The van der Waals surface area contributed by atoms with Crippen molar-refractivity contribution < 1.29 is 14.7 Å². The monoisotopic (exact) mass is 317 g/mol. The standard InChI is InChI=1S/C19H27NO3/c1-19(2,13-18(22)23)12-17(21)20-16(11-14-7-6-8-14)15-9-4-3-5-10-15/h3-5,9-10,14,16H,6-8,11-13H2,1-2H3,(H,20,21)(H,22,23). The summed E-state index contributed by atoms with van der Waals surface area (Å²) in [4.78, 5) is 23.3. The molecule has 1 aromatic rings. The average molecular weight is 317 g/mol. The Morgan fingerprint density at radius 3 is 2.39 bits per heavy atom. The number of nitrogens with one attached hydrogen (secondary N) is 1. The van der Waals surface area contributed by atoms with Crippen molar-refractivity contribution in [1.82, 2.24) is 5.32 Å². The van der Waals surface area contributed by atoms with Crippen molar-refractivity contribution in [3.63, 3.8) is 0 Å². The zero-order valence-corrected chi connectivity index (χ0v) is 14.0. The quantitative estimate of drug-likeness (QED) is 0.763. The van der Waals surface area contributed by atoms with Crippen LogP contribution in [0.4, 0.5) is 0 Å². The average Bonchev–Trinajstić information content (AvgIpc) is 2.40. The minimum Gasteiger partial charge on any atom is -0.481 e. The smallest absolute Gasteiger partial charge is 0.303 e. The van der Waals surface area contributed by atoms with Crippen LogP contribution < -0.4 is 5.32 Å².